The van der Waals surface area contributed by atoms with Crippen LogP contribution in [-0.4, -0.2) is 48.9 Å². The van der Waals surface area contributed by atoms with Crippen molar-refractivity contribution in [3.63, 3.8) is 0 Å². The van der Waals surface area contributed by atoms with Gasteiger partial charge in [0.1, 0.15) is 11.5 Å². The lowest BCUT2D eigenvalue weighted by Crippen LogP contribution is -2.51. The Hall–Kier alpha value is -2.24. The van der Waals surface area contributed by atoms with Crippen molar-refractivity contribution in [3.05, 3.63) is 23.8 Å². The molecule has 1 amide bonds. The fourth-order valence-corrected chi connectivity index (χ4v) is 3.73. The Bertz CT molecular complexity index is 663. The Morgan fingerprint density at radius 1 is 1.20 bits per heavy atom. The number of rotatable bonds is 4. The molecule has 2 aliphatic rings. The molecule has 1 aromatic carbocycles. The predicted molar refractivity (Wildman–Crippen MR) is 95.2 cm³/mol. The van der Waals surface area contributed by atoms with Gasteiger partial charge in [0, 0.05) is 24.1 Å². The van der Waals surface area contributed by atoms with Crippen molar-refractivity contribution >= 4 is 11.6 Å². The maximum absolute atomic E-state index is 12.9. The van der Waals surface area contributed by atoms with Crippen LogP contribution in [-0.2, 0) is 9.63 Å². The molecule has 2 aliphatic heterocycles. The second-order valence-electron chi connectivity index (χ2n) is 6.78. The highest BCUT2D eigenvalue weighted by molar-refractivity contribution is 6.06. The van der Waals surface area contributed by atoms with E-state index in [2.05, 4.69) is 19.0 Å². The third kappa shape index (κ3) is 3.43. The van der Waals surface area contributed by atoms with Crippen molar-refractivity contribution in [2.75, 3.05) is 14.2 Å². The molecular weight excluding hydrogens is 320 g/mol. The Morgan fingerprint density at radius 2 is 1.92 bits per heavy atom. The lowest BCUT2D eigenvalue weighted by atomic mass is 9.95. The van der Waals surface area contributed by atoms with Gasteiger partial charge >= 0.3 is 0 Å². The van der Waals surface area contributed by atoms with Crippen molar-refractivity contribution in [2.24, 2.45) is 5.16 Å². The number of hydrogen-bond donors (Lipinski definition) is 0. The number of ether oxygens (including phenoxy) is 2. The Kier molecular flexibility index (Phi) is 5.16. The summed E-state index contributed by atoms with van der Waals surface area (Å²) in [6.45, 7) is 4.21. The monoisotopic (exact) mass is 346 g/mol. The summed E-state index contributed by atoms with van der Waals surface area (Å²) in [5.41, 5.74) is 1.52. The van der Waals surface area contributed by atoms with Crippen LogP contribution in [0.15, 0.2) is 23.4 Å². The van der Waals surface area contributed by atoms with Crippen LogP contribution in [0.2, 0.25) is 0 Å². The van der Waals surface area contributed by atoms with E-state index in [9.17, 15) is 4.79 Å². The molecule has 0 N–H and O–H groups in total. The average molecular weight is 346 g/mol. The topological polar surface area (TPSA) is 60.4 Å². The molecule has 136 valence electrons. The first-order valence-corrected chi connectivity index (χ1v) is 8.82. The summed E-state index contributed by atoms with van der Waals surface area (Å²) in [7, 11) is 3.23. The van der Waals surface area contributed by atoms with Gasteiger partial charge in [-0.2, -0.15) is 0 Å². The number of benzene rings is 1. The second kappa shape index (κ2) is 7.33. The van der Waals surface area contributed by atoms with E-state index in [0.717, 1.165) is 18.4 Å². The minimum Gasteiger partial charge on any atom is -0.497 e. The van der Waals surface area contributed by atoms with Gasteiger partial charge in [-0.15, -0.1) is 0 Å². The number of nitrogens with zero attached hydrogens (tertiary/aromatic N) is 2. The summed E-state index contributed by atoms with van der Waals surface area (Å²) >= 11 is 0. The van der Waals surface area contributed by atoms with Gasteiger partial charge in [0.05, 0.1) is 19.9 Å². The zero-order valence-electron chi connectivity index (χ0n) is 15.3. The molecular formula is C19H26N2O4. The van der Waals surface area contributed by atoms with Gasteiger partial charge in [0.25, 0.3) is 5.91 Å². The zero-order valence-corrected chi connectivity index (χ0v) is 15.3. The first kappa shape index (κ1) is 17.6. The molecule has 0 unspecified atom stereocenters. The van der Waals surface area contributed by atoms with Gasteiger partial charge in [0.15, 0.2) is 0 Å². The molecule has 0 saturated carbocycles. The van der Waals surface area contributed by atoms with Gasteiger partial charge in [-0.25, -0.2) is 0 Å². The minimum absolute atomic E-state index is 0.0281. The predicted octanol–water partition coefficient (Wildman–Crippen LogP) is 2.99. The molecule has 6 nitrogen and oxygen atoms in total. The second-order valence-corrected chi connectivity index (χ2v) is 6.78. The number of hydrogen-bond acceptors (Lipinski definition) is 5. The van der Waals surface area contributed by atoms with E-state index in [1.165, 1.54) is 6.42 Å². The zero-order chi connectivity index (χ0) is 18.0. The number of likely N-dealkylation sites (tertiary alicyclic amines) is 1. The van der Waals surface area contributed by atoms with E-state index in [-0.39, 0.29) is 18.0 Å². The Balaban J connectivity index is 1.76. The summed E-state index contributed by atoms with van der Waals surface area (Å²) in [4.78, 5) is 20.4. The molecule has 6 heteroatoms. The molecule has 0 spiro atoms. The van der Waals surface area contributed by atoms with Crippen molar-refractivity contribution in [1.82, 2.24) is 4.90 Å². The number of amides is 1. The lowest BCUT2D eigenvalue weighted by Gasteiger charge is -2.39. The van der Waals surface area contributed by atoms with Gasteiger partial charge in [-0.3, -0.25) is 4.79 Å². The van der Waals surface area contributed by atoms with Crippen molar-refractivity contribution in [3.8, 4) is 11.5 Å². The highest BCUT2D eigenvalue weighted by Gasteiger charge is 2.38. The maximum atomic E-state index is 12.9. The van der Waals surface area contributed by atoms with E-state index < -0.39 is 6.10 Å². The van der Waals surface area contributed by atoms with Gasteiger partial charge in [-0.1, -0.05) is 5.16 Å². The average Bonchev–Trinajstić information content (AvgIpc) is 3.10. The summed E-state index contributed by atoms with van der Waals surface area (Å²) in [5.74, 6) is 1.43. The van der Waals surface area contributed by atoms with Crippen LogP contribution in [0.4, 0.5) is 0 Å². The molecule has 3 rings (SSSR count). The first-order valence-electron chi connectivity index (χ1n) is 8.82. The first-order chi connectivity index (χ1) is 12.0. The summed E-state index contributed by atoms with van der Waals surface area (Å²) in [6.07, 6.45) is 3.13. The normalized spacial score (nSPS) is 26.0. The van der Waals surface area contributed by atoms with Gasteiger partial charge < -0.3 is 19.2 Å². The standard InChI is InChI=1S/C19H26N2O4/c1-12-6-5-7-13(2)21(12)19(22)18-11-16(20-25-18)15-10-14(23-3)8-9-17(15)24-4/h8-10,12-13,18H,5-7,11H2,1-4H3/t12-,13+,18-/m1/s1. The molecule has 0 radical (unpaired) electrons. The maximum Gasteiger partial charge on any atom is 0.267 e. The van der Waals surface area contributed by atoms with Crippen LogP contribution in [0.1, 0.15) is 45.1 Å². The van der Waals surface area contributed by atoms with E-state index in [0.29, 0.717) is 23.6 Å². The molecule has 2 heterocycles. The smallest absolute Gasteiger partial charge is 0.267 e. The van der Waals surface area contributed by atoms with E-state index >= 15 is 0 Å². The van der Waals surface area contributed by atoms with Crippen molar-refractivity contribution in [1.29, 1.82) is 0 Å². The summed E-state index contributed by atoms with van der Waals surface area (Å²) in [5, 5.41) is 4.17. The van der Waals surface area contributed by atoms with Crippen LogP contribution in [0, 0.1) is 0 Å². The van der Waals surface area contributed by atoms with Gasteiger partial charge in [-0.05, 0) is 51.3 Å². The quantitative estimate of drug-likeness (QED) is 0.841. The molecule has 1 aromatic rings. The largest absolute Gasteiger partial charge is 0.497 e. The molecule has 3 atom stereocenters. The van der Waals surface area contributed by atoms with Crippen molar-refractivity contribution in [2.45, 2.75) is 57.7 Å². The van der Waals surface area contributed by atoms with Crippen LogP contribution >= 0.6 is 0 Å². The van der Waals surface area contributed by atoms with E-state index in [1.54, 1.807) is 14.2 Å². The molecule has 0 bridgehead atoms. The third-order valence-corrected chi connectivity index (χ3v) is 5.11. The minimum atomic E-state index is -0.561. The number of methoxy groups -OCH3 is 2. The van der Waals surface area contributed by atoms with Crippen LogP contribution in [0.3, 0.4) is 0 Å². The molecule has 25 heavy (non-hydrogen) atoms. The fraction of sp³-hybridized carbons (Fsp3) is 0.579. The van der Waals surface area contributed by atoms with E-state index in [1.807, 2.05) is 23.1 Å². The number of oxime groups is 1. The Morgan fingerprint density at radius 3 is 2.56 bits per heavy atom. The highest BCUT2D eigenvalue weighted by Crippen LogP contribution is 2.30. The summed E-state index contributed by atoms with van der Waals surface area (Å²) < 4.78 is 10.7. The molecule has 1 fully saturated rings. The fourth-order valence-electron chi connectivity index (χ4n) is 3.73. The van der Waals surface area contributed by atoms with Crippen LogP contribution in [0.25, 0.3) is 0 Å². The van der Waals surface area contributed by atoms with Crippen LogP contribution in [0.5, 0.6) is 11.5 Å². The molecule has 0 aliphatic carbocycles. The van der Waals surface area contributed by atoms with E-state index in [4.69, 9.17) is 14.3 Å². The van der Waals surface area contributed by atoms with Crippen LogP contribution < -0.4 is 9.47 Å². The SMILES string of the molecule is COc1ccc(OC)c(C2=NO[C@@H](C(=O)N3[C@H](C)CCC[C@@H]3C)C2)c1. The van der Waals surface area contributed by atoms with Gasteiger partial charge in [0.2, 0.25) is 6.10 Å². The highest BCUT2D eigenvalue weighted by atomic mass is 16.6. The third-order valence-electron chi connectivity index (χ3n) is 5.11. The lowest BCUT2D eigenvalue weighted by molar-refractivity contribution is -0.148. The Labute approximate surface area is 148 Å². The molecule has 1 saturated heterocycles. The molecule has 0 aromatic heterocycles. The van der Waals surface area contributed by atoms with Crippen molar-refractivity contribution < 1.29 is 19.1 Å². The number of piperidine rings is 1. The summed E-state index contributed by atoms with van der Waals surface area (Å²) in [6, 6.07) is 6.02. The number of carbonyl (C=O) groups is 1. The number of carbonyl (C=O) groups excluding carboxylic acids is 1.